The lowest BCUT2D eigenvalue weighted by atomic mass is 10.2. The van der Waals surface area contributed by atoms with Gasteiger partial charge >= 0.3 is 0 Å². The highest BCUT2D eigenvalue weighted by Crippen LogP contribution is 2.18. The van der Waals surface area contributed by atoms with Crippen molar-refractivity contribution in [1.82, 2.24) is 4.98 Å². The highest BCUT2D eigenvalue weighted by Gasteiger charge is 2.08. The monoisotopic (exact) mass is 292 g/mol. The average molecular weight is 293 g/mol. The van der Waals surface area contributed by atoms with E-state index in [0.29, 0.717) is 20.6 Å². The first-order valence-electron chi connectivity index (χ1n) is 5.31. The quantitative estimate of drug-likeness (QED) is 0.836. The number of hydrogen-bond acceptors (Lipinski definition) is 4. The summed E-state index contributed by atoms with van der Waals surface area (Å²) in [5, 5.41) is 12.2. The standard InChI is InChI=1S/C13H9ClN2O2S/c14-10-4-1-3-9(7-10)12(18)16-13-15-8-11(19-13)5-2-6-17/h1,3-4,7-8,17H,6H2,(H,15,16,18). The van der Waals surface area contributed by atoms with Gasteiger partial charge in [0.2, 0.25) is 0 Å². The fourth-order valence-electron chi connectivity index (χ4n) is 1.32. The first kappa shape index (κ1) is 13.6. The molecule has 0 atom stereocenters. The van der Waals surface area contributed by atoms with E-state index in [2.05, 4.69) is 22.1 Å². The topological polar surface area (TPSA) is 62.2 Å². The molecule has 1 aromatic heterocycles. The molecular formula is C13H9ClN2O2S. The van der Waals surface area contributed by atoms with E-state index >= 15 is 0 Å². The number of benzene rings is 1. The van der Waals surface area contributed by atoms with E-state index in [4.69, 9.17) is 16.7 Å². The van der Waals surface area contributed by atoms with Crippen LogP contribution in [0.4, 0.5) is 5.13 Å². The van der Waals surface area contributed by atoms with Crippen LogP contribution in [0.25, 0.3) is 0 Å². The summed E-state index contributed by atoms with van der Waals surface area (Å²) in [4.78, 5) is 16.6. The summed E-state index contributed by atoms with van der Waals surface area (Å²) in [6, 6.07) is 6.65. The van der Waals surface area contributed by atoms with Crippen molar-refractivity contribution in [3.8, 4) is 11.8 Å². The zero-order valence-corrected chi connectivity index (χ0v) is 11.3. The second-order valence-electron chi connectivity index (χ2n) is 3.45. The van der Waals surface area contributed by atoms with Crippen LogP contribution < -0.4 is 5.32 Å². The molecule has 2 aromatic rings. The molecule has 0 saturated heterocycles. The van der Waals surface area contributed by atoms with Gasteiger partial charge in [0.25, 0.3) is 5.91 Å². The van der Waals surface area contributed by atoms with Gasteiger partial charge in [-0.05, 0) is 18.2 Å². The van der Waals surface area contributed by atoms with Crippen LogP contribution in [-0.2, 0) is 0 Å². The van der Waals surface area contributed by atoms with Gasteiger partial charge in [-0.25, -0.2) is 4.98 Å². The largest absolute Gasteiger partial charge is 0.384 e. The van der Waals surface area contributed by atoms with Crippen LogP contribution >= 0.6 is 22.9 Å². The number of carbonyl (C=O) groups excluding carboxylic acids is 1. The average Bonchev–Trinajstić information content (AvgIpc) is 2.84. The molecule has 0 spiro atoms. The van der Waals surface area contributed by atoms with E-state index in [9.17, 15) is 4.79 Å². The maximum atomic E-state index is 11.9. The van der Waals surface area contributed by atoms with Crippen LogP contribution in [0, 0.1) is 11.8 Å². The minimum absolute atomic E-state index is 0.206. The van der Waals surface area contributed by atoms with Crippen LogP contribution in [0.15, 0.2) is 30.5 Å². The molecule has 19 heavy (non-hydrogen) atoms. The maximum Gasteiger partial charge on any atom is 0.257 e. The van der Waals surface area contributed by atoms with Crippen molar-refractivity contribution in [2.24, 2.45) is 0 Å². The summed E-state index contributed by atoms with van der Waals surface area (Å²) >= 11 is 7.06. The Morgan fingerprint density at radius 1 is 1.53 bits per heavy atom. The van der Waals surface area contributed by atoms with E-state index in [1.165, 1.54) is 11.3 Å². The maximum absolute atomic E-state index is 11.9. The number of anilines is 1. The number of hydrogen-bond donors (Lipinski definition) is 2. The zero-order chi connectivity index (χ0) is 13.7. The Morgan fingerprint density at radius 3 is 3.11 bits per heavy atom. The first-order chi connectivity index (χ1) is 9.19. The van der Waals surface area contributed by atoms with Crippen molar-refractivity contribution in [1.29, 1.82) is 0 Å². The molecule has 96 valence electrons. The third kappa shape index (κ3) is 3.80. The van der Waals surface area contributed by atoms with Gasteiger partial charge in [-0.2, -0.15) is 0 Å². The van der Waals surface area contributed by atoms with Gasteiger partial charge < -0.3 is 5.11 Å². The molecule has 4 nitrogen and oxygen atoms in total. The normalized spacial score (nSPS) is 9.58. The van der Waals surface area contributed by atoms with Gasteiger partial charge in [-0.3, -0.25) is 10.1 Å². The molecule has 0 aliphatic rings. The zero-order valence-electron chi connectivity index (χ0n) is 9.68. The van der Waals surface area contributed by atoms with Crippen molar-refractivity contribution < 1.29 is 9.90 Å². The number of halogens is 1. The fourth-order valence-corrected chi connectivity index (χ4v) is 2.19. The van der Waals surface area contributed by atoms with Crippen molar-refractivity contribution >= 4 is 34.0 Å². The van der Waals surface area contributed by atoms with Gasteiger partial charge in [0.05, 0.1) is 11.1 Å². The summed E-state index contributed by atoms with van der Waals surface area (Å²) in [7, 11) is 0. The summed E-state index contributed by atoms with van der Waals surface area (Å²) in [6.45, 7) is -0.206. The SMILES string of the molecule is O=C(Nc1ncc(C#CCO)s1)c1cccc(Cl)c1. The Hall–Kier alpha value is -1.87. The molecule has 2 rings (SSSR count). The number of aliphatic hydroxyl groups is 1. The summed E-state index contributed by atoms with van der Waals surface area (Å²) in [5.41, 5.74) is 0.464. The van der Waals surface area contributed by atoms with Crippen LogP contribution in [0.5, 0.6) is 0 Å². The van der Waals surface area contributed by atoms with Crippen LogP contribution in [0.2, 0.25) is 5.02 Å². The molecule has 0 fully saturated rings. The van der Waals surface area contributed by atoms with Gasteiger partial charge in [0.15, 0.2) is 5.13 Å². The Morgan fingerprint density at radius 2 is 2.37 bits per heavy atom. The van der Waals surface area contributed by atoms with Crippen LogP contribution in [0.1, 0.15) is 15.2 Å². The minimum atomic E-state index is -0.279. The number of thiazole rings is 1. The lowest BCUT2D eigenvalue weighted by molar-refractivity contribution is 0.102. The minimum Gasteiger partial charge on any atom is -0.384 e. The molecule has 1 heterocycles. The molecule has 6 heteroatoms. The van der Waals surface area contributed by atoms with E-state index in [1.807, 2.05) is 0 Å². The molecule has 1 amide bonds. The Bertz CT molecular complexity index is 658. The van der Waals surface area contributed by atoms with E-state index < -0.39 is 0 Å². The molecule has 1 aromatic carbocycles. The number of nitrogens with zero attached hydrogens (tertiary/aromatic N) is 1. The van der Waals surface area contributed by atoms with E-state index in [0.717, 1.165) is 0 Å². The number of aliphatic hydroxyl groups excluding tert-OH is 1. The molecular weight excluding hydrogens is 284 g/mol. The molecule has 0 aliphatic heterocycles. The second kappa shape index (κ2) is 6.34. The van der Waals surface area contributed by atoms with Gasteiger partial charge in [0.1, 0.15) is 6.61 Å². The summed E-state index contributed by atoms with van der Waals surface area (Å²) in [5.74, 6) is 4.96. The van der Waals surface area contributed by atoms with Crippen molar-refractivity contribution in [3.63, 3.8) is 0 Å². The number of carbonyl (C=O) groups is 1. The summed E-state index contributed by atoms with van der Waals surface area (Å²) in [6.07, 6.45) is 1.54. The van der Waals surface area contributed by atoms with Crippen molar-refractivity contribution in [2.75, 3.05) is 11.9 Å². The van der Waals surface area contributed by atoms with E-state index in [1.54, 1.807) is 30.5 Å². The fraction of sp³-hybridized carbons (Fsp3) is 0.0769. The third-order valence-electron chi connectivity index (χ3n) is 2.10. The van der Waals surface area contributed by atoms with Gasteiger partial charge in [0, 0.05) is 10.6 Å². The van der Waals surface area contributed by atoms with Crippen LogP contribution in [0.3, 0.4) is 0 Å². The Labute approximate surface area is 119 Å². The highest BCUT2D eigenvalue weighted by atomic mass is 35.5. The summed E-state index contributed by atoms with van der Waals surface area (Å²) < 4.78 is 0. The Balaban J connectivity index is 2.09. The lowest BCUT2D eigenvalue weighted by Gasteiger charge is -2.01. The number of nitrogens with one attached hydrogen (secondary N) is 1. The van der Waals surface area contributed by atoms with Crippen molar-refractivity contribution in [2.45, 2.75) is 0 Å². The number of amides is 1. The lowest BCUT2D eigenvalue weighted by Crippen LogP contribution is -2.11. The van der Waals surface area contributed by atoms with Crippen molar-refractivity contribution in [3.05, 3.63) is 45.9 Å². The molecule has 0 bridgehead atoms. The second-order valence-corrected chi connectivity index (χ2v) is 4.92. The van der Waals surface area contributed by atoms with E-state index in [-0.39, 0.29) is 12.5 Å². The smallest absolute Gasteiger partial charge is 0.257 e. The molecule has 2 N–H and O–H groups in total. The highest BCUT2D eigenvalue weighted by molar-refractivity contribution is 7.16. The third-order valence-corrected chi connectivity index (χ3v) is 3.17. The predicted molar refractivity (Wildman–Crippen MR) is 75.5 cm³/mol. The predicted octanol–water partition coefficient (Wildman–Crippen LogP) is 2.39. The Kier molecular flexibility index (Phi) is 4.53. The number of aromatic nitrogens is 1. The first-order valence-corrected chi connectivity index (χ1v) is 6.51. The van der Waals surface area contributed by atoms with Gasteiger partial charge in [-0.15, -0.1) is 0 Å². The molecule has 0 radical (unpaired) electrons. The molecule has 0 unspecified atom stereocenters. The molecule has 0 aliphatic carbocycles. The van der Waals surface area contributed by atoms with Crippen LogP contribution in [-0.4, -0.2) is 22.6 Å². The van der Waals surface area contributed by atoms with Gasteiger partial charge in [-0.1, -0.05) is 40.8 Å². The number of rotatable bonds is 2. The molecule has 0 saturated carbocycles.